The summed E-state index contributed by atoms with van der Waals surface area (Å²) in [4.78, 5) is 5.67. The Morgan fingerprint density at radius 1 is 1.29 bits per heavy atom. The smallest absolute Gasteiger partial charge is 0.221 e. The van der Waals surface area contributed by atoms with Gasteiger partial charge >= 0.3 is 0 Å². The maximum atomic E-state index is 7.75. The second kappa shape index (κ2) is 4.86. The average molecular weight is 231 g/mol. The number of aliphatic imine (C=N–C) groups is 1. The SMILES string of the molecule is N=C(N=C(N)N)N1CC[C@H](c2ccccc2)C1. The van der Waals surface area contributed by atoms with E-state index in [1.54, 1.807) is 0 Å². The van der Waals surface area contributed by atoms with Crippen molar-refractivity contribution in [2.24, 2.45) is 16.5 Å². The van der Waals surface area contributed by atoms with Crippen LogP contribution in [0.2, 0.25) is 0 Å². The normalized spacial score (nSPS) is 19.1. The molecule has 0 spiro atoms. The predicted octanol–water partition coefficient (Wildman–Crippen LogP) is 0.684. The van der Waals surface area contributed by atoms with Gasteiger partial charge in [0.2, 0.25) is 5.96 Å². The van der Waals surface area contributed by atoms with E-state index in [2.05, 4.69) is 17.1 Å². The summed E-state index contributed by atoms with van der Waals surface area (Å²) in [7, 11) is 0. The molecular formula is C12H17N5. The molecule has 0 aromatic heterocycles. The van der Waals surface area contributed by atoms with Crippen LogP contribution < -0.4 is 11.5 Å². The van der Waals surface area contributed by atoms with Crippen LogP contribution >= 0.6 is 0 Å². The van der Waals surface area contributed by atoms with Crippen LogP contribution in [-0.4, -0.2) is 29.9 Å². The molecule has 1 aromatic rings. The standard InChI is InChI=1S/C12H17N5/c13-11(14)16-12(15)17-7-6-10(8-17)9-4-2-1-3-5-9/h1-5,10H,6-8H2,(H5,13,14,15,16)/t10-/m0/s1. The van der Waals surface area contributed by atoms with Crippen molar-refractivity contribution in [2.45, 2.75) is 12.3 Å². The summed E-state index contributed by atoms with van der Waals surface area (Å²) >= 11 is 0. The second-order valence-electron chi connectivity index (χ2n) is 4.20. The molecule has 0 radical (unpaired) electrons. The summed E-state index contributed by atoms with van der Waals surface area (Å²) in [6.45, 7) is 1.63. The van der Waals surface area contributed by atoms with Gasteiger partial charge in [0, 0.05) is 19.0 Å². The third kappa shape index (κ3) is 2.75. The number of benzene rings is 1. The fourth-order valence-electron chi connectivity index (χ4n) is 2.14. The van der Waals surface area contributed by atoms with Crippen molar-refractivity contribution in [3.05, 3.63) is 35.9 Å². The van der Waals surface area contributed by atoms with E-state index in [4.69, 9.17) is 16.9 Å². The highest BCUT2D eigenvalue weighted by molar-refractivity contribution is 5.91. The van der Waals surface area contributed by atoms with E-state index in [0.29, 0.717) is 5.92 Å². The average Bonchev–Trinajstić information content (AvgIpc) is 2.78. The van der Waals surface area contributed by atoms with Crippen molar-refractivity contribution in [3.8, 4) is 0 Å². The van der Waals surface area contributed by atoms with Gasteiger partial charge in [-0.15, -0.1) is 0 Å². The zero-order valence-electron chi connectivity index (χ0n) is 9.63. The molecule has 1 aromatic carbocycles. The van der Waals surface area contributed by atoms with Gasteiger partial charge in [0.05, 0.1) is 0 Å². The highest BCUT2D eigenvalue weighted by Gasteiger charge is 2.25. The van der Waals surface area contributed by atoms with E-state index in [-0.39, 0.29) is 11.9 Å². The van der Waals surface area contributed by atoms with Crippen molar-refractivity contribution in [1.29, 1.82) is 5.41 Å². The number of nitrogens with one attached hydrogen (secondary N) is 1. The van der Waals surface area contributed by atoms with E-state index in [1.165, 1.54) is 5.56 Å². The first-order valence-electron chi connectivity index (χ1n) is 5.65. The first-order chi connectivity index (χ1) is 8.16. The lowest BCUT2D eigenvalue weighted by Gasteiger charge is -2.16. The molecule has 1 heterocycles. The predicted molar refractivity (Wildman–Crippen MR) is 68.9 cm³/mol. The van der Waals surface area contributed by atoms with Gasteiger partial charge in [0.1, 0.15) is 0 Å². The fourth-order valence-corrected chi connectivity index (χ4v) is 2.14. The van der Waals surface area contributed by atoms with Crippen molar-refractivity contribution in [3.63, 3.8) is 0 Å². The van der Waals surface area contributed by atoms with Gasteiger partial charge in [0.25, 0.3) is 0 Å². The lowest BCUT2D eigenvalue weighted by Crippen LogP contribution is -2.31. The van der Waals surface area contributed by atoms with Gasteiger partial charge in [-0.25, -0.2) is 0 Å². The number of guanidine groups is 2. The van der Waals surface area contributed by atoms with Gasteiger partial charge < -0.3 is 16.4 Å². The molecule has 1 saturated heterocycles. The molecule has 0 aliphatic carbocycles. The summed E-state index contributed by atoms with van der Waals surface area (Å²) in [5.74, 6) is 0.562. The highest BCUT2D eigenvalue weighted by Crippen LogP contribution is 2.26. The molecule has 17 heavy (non-hydrogen) atoms. The quantitative estimate of drug-likeness (QED) is 0.490. The molecule has 90 valence electrons. The molecule has 0 saturated carbocycles. The largest absolute Gasteiger partial charge is 0.370 e. The number of hydrogen-bond donors (Lipinski definition) is 3. The van der Waals surface area contributed by atoms with Gasteiger partial charge in [0.15, 0.2) is 5.96 Å². The number of nitrogens with two attached hydrogens (primary N) is 2. The van der Waals surface area contributed by atoms with Gasteiger partial charge in [-0.3, -0.25) is 5.41 Å². The molecule has 1 fully saturated rings. The first-order valence-corrected chi connectivity index (χ1v) is 5.65. The maximum Gasteiger partial charge on any atom is 0.221 e. The van der Waals surface area contributed by atoms with E-state index >= 15 is 0 Å². The molecule has 2 rings (SSSR count). The Labute approximate surface area is 101 Å². The van der Waals surface area contributed by atoms with Gasteiger partial charge in [-0.1, -0.05) is 30.3 Å². The Kier molecular flexibility index (Phi) is 3.27. The summed E-state index contributed by atoms with van der Waals surface area (Å²) in [5, 5.41) is 7.75. The van der Waals surface area contributed by atoms with Gasteiger partial charge in [-0.2, -0.15) is 4.99 Å². The van der Waals surface area contributed by atoms with E-state index < -0.39 is 0 Å². The van der Waals surface area contributed by atoms with E-state index in [9.17, 15) is 0 Å². The van der Waals surface area contributed by atoms with Crippen LogP contribution in [0.5, 0.6) is 0 Å². The Hall–Kier alpha value is -2.04. The third-order valence-electron chi connectivity index (χ3n) is 2.99. The molecule has 1 aliphatic rings. The molecule has 1 aliphatic heterocycles. The monoisotopic (exact) mass is 231 g/mol. The molecule has 1 atom stereocenters. The zero-order chi connectivity index (χ0) is 12.3. The minimum absolute atomic E-state index is 0.0573. The van der Waals surface area contributed by atoms with Crippen molar-refractivity contribution in [1.82, 2.24) is 4.90 Å². The topological polar surface area (TPSA) is 91.5 Å². The van der Waals surface area contributed by atoms with Crippen LogP contribution in [0.3, 0.4) is 0 Å². The Morgan fingerprint density at radius 3 is 2.65 bits per heavy atom. The molecule has 0 unspecified atom stereocenters. The van der Waals surface area contributed by atoms with Crippen LogP contribution in [0, 0.1) is 5.41 Å². The first kappa shape index (κ1) is 11.4. The van der Waals surface area contributed by atoms with Crippen LogP contribution in [0.25, 0.3) is 0 Å². The molecule has 0 bridgehead atoms. The van der Waals surface area contributed by atoms with Crippen molar-refractivity contribution in [2.75, 3.05) is 13.1 Å². The minimum Gasteiger partial charge on any atom is -0.370 e. The summed E-state index contributed by atoms with van der Waals surface area (Å²) in [6.07, 6.45) is 1.03. The Morgan fingerprint density at radius 2 is 2.00 bits per heavy atom. The Balaban J connectivity index is 2.01. The highest BCUT2D eigenvalue weighted by atomic mass is 15.3. The molecular weight excluding hydrogens is 214 g/mol. The van der Waals surface area contributed by atoms with Crippen LogP contribution in [-0.2, 0) is 0 Å². The van der Waals surface area contributed by atoms with E-state index in [0.717, 1.165) is 19.5 Å². The number of rotatable bonds is 1. The lowest BCUT2D eigenvalue weighted by molar-refractivity contribution is 0.501. The fraction of sp³-hybridized carbons (Fsp3) is 0.333. The zero-order valence-corrected chi connectivity index (χ0v) is 9.63. The maximum absolute atomic E-state index is 7.75. The number of hydrogen-bond acceptors (Lipinski definition) is 1. The third-order valence-corrected chi connectivity index (χ3v) is 2.99. The second-order valence-corrected chi connectivity index (χ2v) is 4.20. The van der Waals surface area contributed by atoms with Crippen LogP contribution in [0.4, 0.5) is 0 Å². The summed E-state index contributed by atoms with van der Waals surface area (Å²) in [6, 6.07) is 10.3. The van der Waals surface area contributed by atoms with Gasteiger partial charge in [-0.05, 0) is 12.0 Å². The van der Waals surface area contributed by atoms with Crippen LogP contribution in [0.15, 0.2) is 35.3 Å². The van der Waals surface area contributed by atoms with E-state index in [1.807, 2.05) is 23.1 Å². The van der Waals surface area contributed by atoms with Crippen molar-refractivity contribution < 1.29 is 0 Å². The molecule has 0 amide bonds. The lowest BCUT2D eigenvalue weighted by atomic mass is 9.99. The van der Waals surface area contributed by atoms with Crippen LogP contribution in [0.1, 0.15) is 17.9 Å². The molecule has 5 N–H and O–H groups in total. The number of nitrogens with zero attached hydrogens (tertiary/aromatic N) is 2. The Bertz CT molecular complexity index is 422. The number of likely N-dealkylation sites (tertiary alicyclic amines) is 1. The summed E-state index contributed by atoms with van der Waals surface area (Å²) in [5.41, 5.74) is 11.8. The van der Waals surface area contributed by atoms with Crippen molar-refractivity contribution >= 4 is 11.9 Å². The minimum atomic E-state index is -0.0573. The summed E-state index contributed by atoms with van der Waals surface area (Å²) < 4.78 is 0. The molecule has 5 heteroatoms. The molecule has 5 nitrogen and oxygen atoms in total.